The molecular weight excluding hydrogens is 318 g/mol. The molecule has 0 aliphatic rings. The summed E-state index contributed by atoms with van der Waals surface area (Å²) in [5.41, 5.74) is 8.41. The van der Waals surface area contributed by atoms with Gasteiger partial charge in [-0.1, -0.05) is 48.0 Å². The molecule has 0 saturated heterocycles. The Balaban J connectivity index is 1.77. The molecule has 0 bridgehead atoms. The van der Waals surface area contributed by atoms with Gasteiger partial charge in [-0.2, -0.15) is 0 Å². The Morgan fingerprint density at radius 1 is 0.846 bits per heavy atom. The standard InChI is InChI=1S/C23H21N3/c1-17-7-8-20(18(2)13-17)21-5-3-4-6-22(21)23-14-19(9-10-25-23)15-26-12-11-24-16-26/h3-14,16H,15H2,1-2H3. The fourth-order valence-corrected chi connectivity index (χ4v) is 3.37. The smallest absolute Gasteiger partial charge is 0.0949 e. The van der Waals surface area contributed by atoms with Crippen molar-refractivity contribution in [1.82, 2.24) is 14.5 Å². The topological polar surface area (TPSA) is 30.7 Å². The van der Waals surface area contributed by atoms with Crippen molar-refractivity contribution in [3.8, 4) is 22.4 Å². The van der Waals surface area contributed by atoms with Crippen molar-refractivity contribution in [2.45, 2.75) is 20.4 Å². The number of imidazole rings is 1. The number of pyridine rings is 1. The number of aromatic nitrogens is 3. The van der Waals surface area contributed by atoms with Crippen LogP contribution in [0, 0.1) is 13.8 Å². The normalized spacial score (nSPS) is 10.8. The molecule has 0 atom stereocenters. The van der Waals surface area contributed by atoms with Gasteiger partial charge in [0.15, 0.2) is 0 Å². The Hall–Kier alpha value is -3.20. The van der Waals surface area contributed by atoms with Crippen LogP contribution in [0.15, 0.2) is 79.5 Å². The van der Waals surface area contributed by atoms with Gasteiger partial charge in [-0.3, -0.25) is 4.98 Å². The molecule has 0 spiro atoms. The van der Waals surface area contributed by atoms with Crippen molar-refractivity contribution < 1.29 is 0 Å². The zero-order valence-electron chi connectivity index (χ0n) is 15.1. The van der Waals surface area contributed by atoms with Crippen LogP contribution in [-0.2, 0) is 6.54 Å². The van der Waals surface area contributed by atoms with Gasteiger partial charge in [-0.15, -0.1) is 0 Å². The summed E-state index contributed by atoms with van der Waals surface area (Å²) in [6.07, 6.45) is 7.51. The minimum atomic E-state index is 0.793. The highest BCUT2D eigenvalue weighted by molar-refractivity contribution is 5.83. The highest BCUT2D eigenvalue weighted by atomic mass is 15.0. The zero-order chi connectivity index (χ0) is 17.9. The van der Waals surface area contributed by atoms with Gasteiger partial charge in [0, 0.05) is 30.7 Å². The van der Waals surface area contributed by atoms with E-state index >= 15 is 0 Å². The highest BCUT2D eigenvalue weighted by Crippen LogP contribution is 2.33. The molecule has 0 radical (unpaired) electrons. The fraction of sp³-hybridized carbons (Fsp3) is 0.130. The van der Waals surface area contributed by atoms with Crippen LogP contribution in [-0.4, -0.2) is 14.5 Å². The van der Waals surface area contributed by atoms with E-state index in [2.05, 4.69) is 83.0 Å². The maximum Gasteiger partial charge on any atom is 0.0949 e. The third-order valence-corrected chi connectivity index (χ3v) is 4.62. The summed E-state index contributed by atoms with van der Waals surface area (Å²) in [7, 11) is 0. The van der Waals surface area contributed by atoms with E-state index in [0.29, 0.717) is 0 Å². The average Bonchev–Trinajstić information content (AvgIpc) is 3.15. The first kappa shape index (κ1) is 16.3. The van der Waals surface area contributed by atoms with E-state index in [1.807, 2.05) is 18.7 Å². The molecule has 0 fully saturated rings. The first-order valence-electron chi connectivity index (χ1n) is 8.78. The second-order valence-corrected chi connectivity index (χ2v) is 6.65. The molecule has 3 heteroatoms. The Kier molecular flexibility index (Phi) is 4.36. The molecular formula is C23H21N3. The van der Waals surface area contributed by atoms with E-state index < -0.39 is 0 Å². The SMILES string of the molecule is Cc1ccc(-c2ccccc2-c2cc(Cn3ccnc3)ccn2)c(C)c1. The van der Waals surface area contributed by atoms with Gasteiger partial charge in [-0.25, -0.2) is 4.98 Å². The minimum Gasteiger partial charge on any atom is -0.333 e. The Labute approximate surface area is 154 Å². The quantitative estimate of drug-likeness (QED) is 0.506. The van der Waals surface area contributed by atoms with Gasteiger partial charge >= 0.3 is 0 Å². The van der Waals surface area contributed by atoms with Crippen LogP contribution < -0.4 is 0 Å². The van der Waals surface area contributed by atoms with Gasteiger partial charge < -0.3 is 4.57 Å². The number of rotatable bonds is 4. The molecule has 3 nitrogen and oxygen atoms in total. The third kappa shape index (κ3) is 3.29. The van der Waals surface area contributed by atoms with E-state index in [1.165, 1.54) is 27.8 Å². The summed E-state index contributed by atoms with van der Waals surface area (Å²) in [5.74, 6) is 0. The third-order valence-electron chi connectivity index (χ3n) is 4.62. The minimum absolute atomic E-state index is 0.793. The second-order valence-electron chi connectivity index (χ2n) is 6.65. The molecule has 2 aromatic heterocycles. The van der Waals surface area contributed by atoms with E-state index in [-0.39, 0.29) is 0 Å². The van der Waals surface area contributed by atoms with Gasteiger partial charge in [0.25, 0.3) is 0 Å². The van der Waals surface area contributed by atoms with Gasteiger partial charge in [0.1, 0.15) is 0 Å². The monoisotopic (exact) mass is 339 g/mol. The lowest BCUT2D eigenvalue weighted by molar-refractivity contribution is 0.796. The van der Waals surface area contributed by atoms with Crippen molar-refractivity contribution >= 4 is 0 Å². The molecule has 0 unspecified atom stereocenters. The maximum absolute atomic E-state index is 4.65. The summed E-state index contributed by atoms with van der Waals surface area (Å²) < 4.78 is 2.06. The zero-order valence-corrected chi connectivity index (χ0v) is 15.1. The lowest BCUT2D eigenvalue weighted by Gasteiger charge is -2.13. The molecule has 0 aliphatic heterocycles. The Morgan fingerprint density at radius 2 is 1.69 bits per heavy atom. The van der Waals surface area contributed by atoms with Gasteiger partial charge in [0.05, 0.1) is 12.0 Å². The molecule has 2 heterocycles. The predicted molar refractivity (Wildman–Crippen MR) is 106 cm³/mol. The second kappa shape index (κ2) is 6.96. The van der Waals surface area contributed by atoms with Gasteiger partial charge in [0.2, 0.25) is 0 Å². The Morgan fingerprint density at radius 3 is 2.46 bits per heavy atom. The molecule has 0 amide bonds. The van der Waals surface area contributed by atoms with Gasteiger partial charge in [-0.05, 0) is 48.2 Å². The van der Waals surface area contributed by atoms with Crippen molar-refractivity contribution in [2.75, 3.05) is 0 Å². The lowest BCUT2D eigenvalue weighted by Crippen LogP contribution is -1.98. The average molecular weight is 339 g/mol. The summed E-state index contributed by atoms with van der Waals surface area (Å²) in [6.45, 7) is 5.09. The first-order chi connectivity index (χ1) is 12.7. The lowest BCUT2D eigenvalue weighted by atomic mass is 9.93. The maximum atomic E-state index is 4.65. The highest BCUT2D eigenvalue weighted by Gasteiger charge is 2.11. The van der Waals surface area contributed by atoms with E-state index in [1.54, 1.807) is 6.20 Å². The number of hydrogen-bond donors (Lipinski definition) is 0. The predicted octanol–water partition coefficient (Wildman–Crippen LogP) is 5.28. The van der Waals surface area contributed by atoms with Crippen LogP contribution in [0.3, 0.4) is 0 Å². The summed E-state index contributed by atoms with van der Waals surface area (Å²) >= 11 is 0. The van der Waals surface area contributed by atoms with Crippen LogP contribution in [0.4, 0.5) is 0 Å². The number of benzene rings is 2. The largest absolute Gasteiger partial charge is 0.333 e. The van der Waals surface area contributed by atoms with Crippen LogP contribution >= 0.6 is 0 Å². The number of hydrogen-bond acceptors (Lipinski definition) is 2. The van der Waals surface area contributed by atoms with Crippen molar-refractivity contribution in [3.63, 3.8) is 0 Å². The van der Waals surface area contributed by atoms with Crippen LogP contribution in [0.5, 0.6) is 0 Å². The van der Waals surface area contributed by atoms with E-state index in [4.69, 9.17) is 0 Å². The molecule has 0 N–H and O–H groups in total. The van der Waals surface area contributed by atoms with Crippen molar-refractivity contribution in [2.24, 2.45) is 0 Å². The number of aryl methyl sites for hydroxylation is 2. The van der Waals surface area contributed by atoms with Crippen LogP contribution in [0.25, 0.3) is 22.4 Å². The van der Waals surface area contributed by atoms with Crippen molar-refractivity contribution in [3.05, 3.63) is 96.2 Å². The summed E-state index contributed by atoms with van der Waals surface area (Å²) in [6, 6.07) is 19.3. The van der Waals surface area contributed by atoms with Crippen molar-refractivity contribution in [1.29, 1.82) is 0 Å². The van der Waals surface area contributed by atoms with Crippen LogP contribution in [0.1, 0.15) is 16.7 Å². The van der Waals surface area contributed by atoms with E-state index in [0.717, 1.165) is 17.8 Å². The summed E-state index contributed by atoms with van der Waals surface area (Å²) in [4.78, 5) is 8.76. The summed E-state index contributed by atoms with van der Waals surface area (Å²) in [5, 5.41) is 0. The number of nitrogens with zero attached hydrogens (tertiary/aromatic N) is 3. The molecule has 128 valence electrons. The molecule has 4 aromatic rings. The fourth-order valence-electron chi connectivity index (χ4n) is 3.37. The molecule has 4 rings (SSSR count). The molecule has 0 saturated carbocycles. The molecule has 0 aliphatic carbocycles. The van der Waals surface area contributed by atoms with E-state index in [9.17, 15) is 0 Å². The molecule has 26 heavy (non-hydrogen) atoms. The van der Waals surface area contributed by atoms with Crippen LogP contribution in [0.2, 0.25) is 0 Å². The first-order valence-corrected chi connectivity index (χ1v) is 8.78. The Bertz CT molecular complexity index is 1030. The molecule has 2 aromatic carbocycles.